The molecular formula is C16H21ClN3O+. The number of likely N-dealkylation sites (tertiary alicyclic amines) is 1. The molecule has 4 nitrogen and oxygen atoms in total. The fourth-order valence-corrected chi connectivity index (χ4v) is 3.23. The molecule has 2 aromatic rings. The van der Waals surface area contributed by atoms with E-state index < -0.39 is 0 Å². The van der Waals surface area contributed by atoms with Gasteiger partial charge in [0.15, 0.2) is 5.82 Å². The Bertz CT molecular complexity index is 675. The van der Waals surface area contributed by atoms with Gasteiger partial charge in [0.05, 0.1) is 24.0 Å². The first kappa shape index (κ1) is 14.5. The molecule has 5 heteroatoms. The predicted octanol–water partition coefficient (Wildman–Crippen LogP) is 1.93. The molecule has 3 rings (SSSR count). The van der Waals surface area contributed by atoms with E-state index in [0.29, 0.717) is 15.9 Å². The van der Waals surface area contributed by atoms with Crippen molar-refractivity contribution >= 4 is 22.5 Å². The molecule has 0 atom stereocenters. The van der Waals surface area contributed by atoms with Crippen LogP contribution < -0.4 is 10.5 Å². The monoisotopic (exact) mass is 306 g/mol. The molecular weight excluding hydrogens is 286 g/mol. The first-order chi connectivity index (χ1) is 10.2. The van der Waals surface area contributed by atoms with Crippen LogP contribution in [0.2, 0.25) is 5.02 Å². The largest absolute Gasteiger partial charge is 0.329 e. The van der Waals surface area contributed by atoms with Crippen LogP contribution >= 0.6 is 11.6 Å². The SMILES string of the molecule is O=c1[nH]c(C[NH+]2CCCCCCC2)nc2cc(Cl)ccc12. The molecule has 0 radical (unpaired) electrons. The number of benzene rings is 1. The molecule has 0 spiro atoms. The summed E-state index contributed by atoms with van der Waals surface area (Å²) in [5.41, 5.74) is 0.616. The van der Waals surface area contributed by atoms with Gasteiger partial charge in [-0.3, -0.25) is 4.79 Å². The lowest BCUT2D eigenvalue weighted by Gasteiger charge is -2.21. The number of hydrogen-bond donors (Lipinski definition) is 2. The van der Waals surface area contributed by atoms with Gasteiger partial charge in [-0.05, 0) is 43.9 Å². The summed E-state index contributed by atoms with van der Waals surface area (Å²) in [4.78, 5) is 21.1. The van der Waals surface area contributed by atoms with Crippen molar-refractivity contribution < 1.29 is 4.90 Å². The van der Waals surface area contributed by atoms with Crippen LogP contribution in [0.5, 0.6) is 0 Å². The maximum absolute atomic E-state index is 12.1. The Morgan fingerprint density at radius 1 is 1.14 bits per heavy atom. The number of H-pyrrole nitrogens is 1. The summed E-state index contributed by atoms with van der Waals surface area (Å²) in [5.74, 6) is 0.769. The molecule has 21 heavy (non-hydrogen) atoms. The van der Waals surface area contributed by atoms with E-state index in [1.165, 1.54) is 37.0 Å². The van der Waals surface area contributed by atoms with Crippen LogP contribution in [0.15, 0.2) is 23.0 Å². The minimum atomic E-state index is -0.0712. The van der Waals surface area contributed by atoms with E-state index in [1.807, 2.05) is 0 Å². The Morgan fingerprint density at radius 3 is 2.62 bits per heavy atom. The second kappa shape index (κ2) is 6.58. The lowest BCUT2D eigenvalue weighted by molar-refractivity contribution is -0.915. The number of halogens is 1. The number of hydrogen-bond acceptors (Lipinski definition) is 2. The Labute approximate surface area is 129 Å². The summed E-state index contributed by atoms with van der Waals surface area (Å²) in [6.45, 7) is 3.12. The van der Waals surface area contributed by atoms with Crippen LogP contribution in [0.25, 0.3) is 10.9 Å². The molecule has 0 unspecified atom stereocenters. The van der Waals surface area contributed by atoms with Crippen LogP contribution in [0.4, 0.5) is 0 Å². The van der Waals surface area contributed by atoms with Crippen molar-refractivity contribution in [2.45, 2.75) is 38.6 Å². The van der Waals surface area contributed by atoms with Crippen LogP contribution in [-0.2, 0) is 6.54 Å². The average Bonchev–Trinajstić information content (AvgIpc) is 2.41. The zero-order chi connectivity index (χ0) is 14.7. The summed E-state index contributed by atoms with van der Waals surface area (Å²) >= 11 is 6.00. The topological polar surface area (TPSA) is 50.2 Å². The third kappa shape index (κ3) is 3.63. The zero-order valence-corrected chi connectivity index (χ0v) is 12.9. The zero-order valence-electron chi connectivity index (χ0n) is 12.1. The van der Waals surface area contributed by atoms with Gasteiger partial charge in [-0.15, -0.1) is 0 Å². The van der Waals surface area contributed by atoms with Crippen molar-refractivity contribution in [2.75, 3.05) is 13.1 Å². The first-order valence-electron chi connectivity index (χ1n) is 7.74. The molecule has 0 amide bonds. The number of fused-ring (bicyclic) bond motifs is 1. The van der Waals surface area contributed by atoms with E-state index in [2.05, 4.69) is 9.97 Å². The number of rotatable bonds is 2. The van der Waals surface area contributed by atoms with E-state index >= 15 is 0 Å². The van der Waals surface area contributed by atoms with Crippen molar-refractivity contribution in [1.82, 2.24) is 9.97 Å². The van der Waals surface area contributed by atoms with Crippen molar-refractivity contribution in [3.8, 4) is 0 Å². The third-order valence-electron chi connectivity index (χ3n) is 4.20. The maximum atomic E-state index is 12.1. The van der Waals surface area contributed by atoms with E-state index in [0.717, 1.165) is 25.5 Å². The summed E-state index contributed by atoms with van der Waals surface area (Å²) in [5, 5.41) is 1.22. The molecule has 0 bridgehead atoms. The summed E-state index contributed by atoms with van der Waals surface area (Å²) in [6.07, 6.45) is 6.52. The van der Waals surface area contributed by atoms with Gasteiger partial charge in [-0.1, -0.05) is 18.0 Å². The number of aromatic nitrogens is 2. The molecule has 0 saturated carbocycles. The molecule has 1 aliphatic heterocycles. The lowest BCUT2D eigenvalue weighted by atomic mass is 10.1. The lowest BCUT2D eigenvalue weighted by Crippen LogP contribution is -3.10. The highest BCUT2D eigenvalue weighted by atomic mass is 35.5. The number of nitrogens with zero attached hydrogens (tertiary/aromatic N) is 1. The molecule has 2 heterocycles. The standard InChI is InChI=1S/C16H20ClN3O/c17-12-6-7-13-14(10-12)18-15(19-16(13)21)11-20-8-4-2-1-3-5-9-20/h6-7,10H,1-5,8-9,11H2,(H,18,19,21)/p+1. The maximum Gasteiger partial charge on any atom is 0.258 e. The minimum Gasteiger partial charge on any atom is -0.329 e. The molecule has 1 saturated heterocycles. The predicted molar refractivity (Wildman–Crippen MR) is 84.9 cm³/mol. The smallest absolute Gasteiger partial charge is 0.258 e. The highest BCUT2D eigenvalue weighted by molar-refractivity contribution is 6.31. The summed E-state index contributed by atoms with van der Waals surface area (Å²) < 4.78 is 0. The van der Waals surface area contributed by atoms with E-state index in [9.17, 15) is 4.79 Å². The second-order valence-corrected chi connectivity index (χ2v) is 6.31. The molecule has 1 aromatic carbocycles. The van der Waals surface area contributed by atoms with E-state index in [-0.39, 0.29) is 5.56 Å². The second-order valence-electron chi connectivity index (χ2n) is 5.87. The van der Waals surface area contributed by atoms with Gasteiger partial charge >= 0.3 is 0 Å². The Morgan fingerprint density at radius 2 is 1.86 bits per heavy atom. The Hall–Kier alpha value is -1.39. The van der Waals surface area contributed by atoms with Crippen molar-refractivity contribution in [2.24, 2.45) is 0 Å². The normalized spacial score (nSPS) is 17.6. The third-order valence-corrected chi connectivity index (χ3v) is 4.43. The van der Waals surface area contributed by atoms with Gasteiger partial charge in [-0.25, -0.2) is 4.98 Å². The van der Waals surface area contributed by atoms with Gasteiger partial charge < -0.3 is 9.88 Å². The fraction of sp³-hybridized carbons (Fsp3) is 0.500. The number of aromatic amines is 1. The summed E-state index contributed by atoms with van der Waals surface area (Å²) in [6, 6.07) is 5.22. The van der Waals surface area contributed by atoms with Crippen LogP contribution in [0.1, 0.15) is 37.9 Å². The highest BCUT2D eigenvalue weighted by Crippen LogP contribution is 2.14. The van der Waals surface area contributed by atoms with E-state index in [4.69, 9.17) is 11.6 Å². The molecule has 0 aliphatic carbocycles. The Kier molecular flexibility index (Phi) is 4.56. The van der Waals surface area contributed by atoms with Gasteiger partial charge in [0, 0.05) is 5.02 Å². The number of nitrogens with one attached hydrogen (secondary N) is 2. The Balaban J connectivity index is 1.84. The van der Waals surface area contributed by atoms with Crippen molar-refractivity contribution in [1.29, 1.82) is 0 Å². The van der Waals surface area contributed by atoms with Gasteiger partial charge in [0.25, 0.3) is 5.56 Å². The van der Waals surface area contributed by atoms with Crippen LogP contribution in [0, 0.1) is 0 Å². The first-order valence-corrected chi connectivity index (χ1v) is 8.12. The minimum absolute atomic E-state index is 0.0712. The molecule has 1 aliphatic rings. The van der Waals surface area contributed by atoms with E-state index in [1.54, 1.807) is 18.2 Å². The van der Waals surface area contributed by atoms with Crippen LogP contribution in [-0.4, -0.2) is 23.1 Å². The highest BCUT2D eigenvalue weighted by Gasteiger charge is 2.14. The fourth-order valence-electron chi connectivity index (χ4n) is 3.06. The average molecular weight is 307 g/mol. The summed E-state index contributed by atoms with van der Waals surface area (Å²) in [7, 11) is 0. The van der Waals surface area contributed by atoms with Crippen molar-refractivity contribution in [3.63, 3.8) is 0 Å². The van der Waals surface area contributed by atoms with Crippen molar-refractivity contribution in [3.05, 3.63) is 39.4 Å². The molecule has 1 fully saturated rings. The van der Waals surface area contributed by atoms with Gasteiger partial charge in [0.1, 0.15) is 6.54 Å². The molecule has 2 N–H and O–H groups in total. The van der Waals surface area contributed by atoms with Gasteiger partial charge in [0.2, 0.25) is 0 Å². The number of quaternary nitrogens is 1. The van der Waals surface area contributed by atoms with Gasteiger partial charge in [-0.2, -0.15) is 0 Å². The molecule has 1 aromatic heterocycles. The quantitative estimate of drug-likeness (QED) is 0.891. The molecule has 112 valence electrons. The van der Waals surface area contributed by atoms with Crippen LogP contribution in [0.3, 0.4) is 0 Å².